The molecule has 96 valence electrons. The topological polar surface area (TPSA) is 50.3 Å². The standard InChI is InChI=1S/C12H13BrN2O2S/c1-7-3-9(5-14-12(7)13)15-6-10(4-11(15)17)18-8(2)16/h3,5,10H,4,6H2,1-2H3. The summed E-state index contributed by atoms with van der Waals surface area (Å²) in [6.45, 7) is 4.04. The van der Waals surface area contributed by atoms with Gasteiger partial charge in [-0.3, -0.25) is 9.59 Å². The van der Waals surface area contributed by atoms with E-state index in [-0.39, 0.29) is 16.3 Å². The van der Waals surface area contributed by atoms with Crippen LogP contribution in [0.2, 0.25) is 0 Å². The number of thioether (sulfide) groups is 1. The molecule has 1 saturated heterocycles. The van der Waals surface area contributed by atoms with Crippen molar-refractivity contribution >= 4 is 44.4 Å². The monoisotopic (exact) mass is 328 g/mol. The van der Waals surface area contributed by atoms with Gasteiger partial charge in [-0.25, -0.2) is 4.98 Å². The van der Waals surface area contributed by atoms with Gasteiger partial charge >= 0.3 is 0 Å². The van der Waals surface area contributed by atoms with Crippen LogP contribution in [0.4, 0.5) is 5.69 Å². The first kappa shape index (κ1) is 13.5. The number of hydrogen-bond acceptors (Lipinski definition) is 4. The average molecular weight is 329 g/mol. The van der Waals surface area contributed by atoms with E-state index in [2.05, 4.69) is 20.9 Å². The summed E-state index contributed by atoms with van der Waals surface area (Å²) in [5, 5.41) is 0.110. The smallest absolute Gasteiger partial charge is 0.228 e. The number of hydrogen-bond donors (Lipinski definition) is 0. The molecule has 0 aliphatic carbocycles. The van der Waals surface area contributed by atoms with Crippen LogP contribution in [0.3, 0.4) is 0 Å². The van der Waals surface area contributed by atoms with Crippen LogP contribution < -0.4 is 4.90 Å². The Morgan fingerprint density at radius 3 is 2.94 bits per heavy atom. The number of carbonyl (C=O) groups is 2. The highest BCUT2D eigenvalue weighted by Crippen LogP contribution is 2.29. The molecular weight excluding hydrogens is 316 g/mol. The van der Waals surface area contributed by atoms with Gasteiger partial charge in [0.25, 0.3) is 0 Å². The minimum absolute atomic E-state index is 0.0530. The van der Waals surface area contributed by atoms with Crippen molar-refractivity contribution in [3.05, 3.63) is 22.4 Å². The van der Waals surface area contributed by atoms with Crippen molar-refractivity contribution in [2.24, 2.45) is 0 Å². The molecule has 0 spiro atoms. The molecule has 2 rings (SSSR count). The Bertz CT molecular complexity index is 507. The second-order valence-corrected chi connectivity index (χ2v) is 6.47. The summed E-state index contributed by atoms with van der Waals surface area (Å²) in [5.41, 5.74) is 1.79. The molecule has 0 N–H and O–H groups in total. The predicted molar refractivity (Wildman–Crippen MR) is 75.7 cm³/mol. The van der Waals surface area contributed by atoms with Gasteiger partial charge in [0.15, 0.2) is 5.12 Å². The molecule has 2 heterocycles. The number of aromatic nitrogens is 1. The van der Waals surface area contributed by atoms with E-state index in [4.69, 9.17) is 0 Å². The summed E-state index contributed by atoms with van der Waals surface area (Å²) < 4.78 is 0.785. The molecule has 1 unspecified atom stereocenters. The summed E-state index contributed by atoms with van der Waals surface area (Å²) in [6, 6.07) is 1.93. The third-order valence-corrected chi connectivity index (χ3v) is 4.54. The van der Waals surface area contributed by atoms with Crippen LogP contribution in [0.5, 0.6) is 0 Å². The van der Waals surface area contributed by atoms with E-state index >= 15 is 0 Å². The zero-order chi connectivity index (χ0) is 13.3. The van der Waals surface area contributed by atoms with Crippen LogP contribution in [-0.4, -0.2) is 27.8 Å². The van der Waals surface area contributed by atoms with Crippen LogP contribution in [0, 0.1) is 6.92 Å². The van der Waals surface area contributed by atoms with Crippen LogP contribution in [-0.2, 0) is 9.59 Å². The van der Waals surface area contributed by atoms with Crippen molar-refractivity contribution < 1.29 is 9.59 Å². The zero-order valence-electron chi connectivity index (χ0n) is 10.1. The summed E-state index contributed by atoms with van der Waals surface area (Å²) >= 11 is 4.57. The van der Waals surface area contributed by atoms with Crippen LogP contribution in [0.25, 0.3) is 0 Å². The van der Waals surface area contributed by atoms with Crippen molar-refractivity contribution in [3.8, 4) is 0 Å². The number of aryl methyl sites for hydroxylation is 1. The Morgan fingerprint density at radius 2 is 2.33 bits per heavy atom. The summed E-state index contributed by atoms with van der Waals surface area (Å²) in [6.07, 6.45) is 2.09. The fraction of sp³-hybridized carbons (Fsp3) is 0.417. The van der Waals surface area contributed by atoms with E-state index in [0.29, 0.717) is 13.0 Å². The molecule has 1 aromatic rings. The molecule has 0 saturated carbocycles. The Balaban J connectivity index is 2.16. The number of halogens is 1. The van der Waals surface area contributed by atoms with E-state index in [1.54, 1.807) is 11.1 Å². The van der Waals surface area contributed by atoms with Gasteiger partial charge in [0.1, 0.15) is 4.60 Å². The van der Waals surface area contributed by atoms with Gasteiger partial charge < -0.3 is 4.90 Å². The molecule has 1 aromatic heterocycles. The number of carbonyl (C=O) groups excluding carboxylic acids is 2. The largest absolute Gasteiger partial charge is 0.310 e. The molecule has 0 bridgehead atoms. The molecule has 1 amide bonds. The first-order chi connectivity index (χ1) is 8.47. The first-order valence-electron chi connectivity index (χ1n) is 5.57. The number of anilines is 1. The Labute approximate surface area is 118 Å². The summed E-state index contributed by atoms with van der Waals surface area (Å²) in [4.78, 5) is 28.9. The molecular formula is C12H13BrN2O2S. The van der Waals surface area contributed by atoms with E-state index in [1.807, 2.05) is 13.0 Å². The van der Waals surface area contributed by atoms with Crippen molar-refractivity contribution in [2.45, 2.75) is 25.5 Å². The molecule has 6 heteroatoms. The highest BCUT2D eigenvalue weighted by Gasteiger charge is 2.32. The lowest BCUT2D eigenvalue weighted by atomic mass is 10.3. The second-order valence-electron chi connectivity index (χ2n) is 4.24. The van der Waals surface area contributed by atoms with Crippen LogP contribution in [0.1, 0.15) is 18.9 Å². The van der Waals surface area contributed by atoms with Gasteiger partial charge in [0, 0.05) is 25.1 Å². The van der Waals surface area contributed by atoms with E-state index in [0.717, 1.165) is 15.9 Å². The lowest BCUT2D eigenvalue weighted by Gasteiger charge is -2.16. The summed E-state index contributed by atoms with van der Waals surface area (Å²) in [5.74, 6) is 0.0530. The van der Waals surface area contributed by atoms with E-state index in [1.165, 1.54) is 18.7 Å². The van der Waals surface area contributed by atoms with Gasteiger partial charge in [-0.05, 0) is 34.5 Å². The third kappa shape index (κ3) is 2.92. The number of rotatable bonds is 2. The normalized spacial score (nSPS) is 19.4. The van der Waals surface area contributed by atoms with Gasteiger partial charge in [-0.2, -0.15) is 0 Å². The van der Waals surface area contributed by atoms with Crippen LogP contribution >= 0.6 is 27.7 Å². The molecule has 1 atom stereocenters. The third-order valence-electron chi connectivity index (χ3n) is 2.73. The minimum atomic E-state index is 0.0530. The lowest BCUT2D eigenvalue weighted by Crippen LogP contribution is -2.25. The van der Waals surface area contributed by atoms with Crippen molar-refractivity contribution in [1.29, 1.82) is 0 Å². The van der Waals surface area contributed by atoms with Crippen molar-refractivity contribution in [3.63, 3.8) is 0 Å². The van der Waals surface area contributed by atoms with Gasteiger partial charge in [-0.1, -0.05) is 11.8 Å². The van der Waals surface area contributed by atoms with E-state index < -0.39 is 0 Å². The second kappa shape index (κ2) is 5.40. The maximum Gasteiger partial charge on any atom is 0.228 e. The van der Waals surface area contributed by atoms with Crippen molar-refractivity contribution in [2.75, 3.05) is 11.4 Å². The maximum atomic E-state index is 11.9. The molecule has 18 heavy (non-hydrogen) atoms. The van der Waals surface area contributed by atoms with Gasteiger partial charge in [0.2, 0.25) is 5.91 Å². The molecule has 4 nitrogen and oxygen atoms in total. The Hall–Kier alpha value is -0.880. The fourth-order valence-electron chi connectivity index (χ4n) is 1.93. The quantitative estimate of drug-likeness (QED) is 0.783. The predicted octanol–water partition coefficient (Wildman–Crippen LogP) is 2.54. The number of amides is 1. The van der Waals surface area contributed by atoms with Crippen molar-refractivity contribution in [1.82, 2.24) is 4.98 Å². The summed E-state index contributed by atoms with van der Waals surface area (Å²) in [7, 11) is 0. The zero-order valence-corrected chi connectivity index (χ0v) is 12.5. The molecule has 1 aliphatic heterocycles. The molecule has 0 radical (unpaired) electrons. The van der Waals surface area contributed by atoms with E-state index in [9.17, 15) is 9.59 Å². The SMILES string of the molecule is CC(=O)SC1CC(=O)N(c2cnc(Br)c(C)c2)C1. The highest BCUT2D eigenvalue weighted by molar-refractivity contribution is 9.10. The highest BCUT2D eigenvalue weighted by atomic mass is 79.9. The van der Waals surface area contributed by atoms with Gasteiger partial charge in [-0.15, -0.1) is 0 Å². The first-order valence-corrected chi connectivity index (χ1v) is 7.24. The minimum Gasteiger partial charge on any atom is -0.310 e. The maximum absolute atomic E-state index is 11.9. The fourth-order valence-corrected chi connectivity index (χ4v) is 3.06. The molecule has 0 aromatic carbocycles. The lowest BCUT2D eigenvalue weighted by molar-refractivity contribution is -0.117. The molecule has 1 aliphatic rings. The average Bonchev–Trinajstić information content (AvgIpc) is 2.62. The number of nitrogens with zero attached hydrogens (tertiary/aromatic N) is 2. The Morgan fingerprint density at radius 1 is 1.61 bits per heavy atom. The van der Waals surface area contributed by atoms with Crippen LogP contribution in [0.15, 0.2) is 16.9 Å². The number of pyridine rings is 1. The Kier molecular flexibility index (Phi) is 4.07. The van der Waals surface area contributed by atoms with Gasteiger partial charge in [0.05, 0.1) is 11.9 Å². The molecule has 1 fully saturated rings.